The van der Waals surface area contributed by atoms with E-state index in [-0.39, 0.29) is 5.41 Å². The van der Waals surface area contributed by atoms with Crippen molar-refractivity contribution in [1.82, 2.24) is 5.32 Å². The Bertz CT molecular complexity index is 564. The number of methoxy groups -OCH3 is 1. The van der Waals surface area contributed by atoms with Gasteiger partial charge in [-0.05, 0) is 23.3 Å². The fourth-order valence-corrected chi connectivity index (χ4v) is 2.46. The topological polar surface area (TPSA) is 41.5 Å². The third-order valence-electron chi connectivity index (χ3n) is 3.96. The van der Waals surface area contributed by atoms with Gasteiger partial charge in [-0.2, -0.15) is 0 Å². The van der Waals surface area contributed by atoms with E-state index in [1.807, 2.05) is 30.3 Å². The van der Waals surface area contributed by atoms with E-state index in [0.29, 0.717) is 6.54 Å². The highest BCUT2D eigenvalue weighted by Crippen LogP contribution is 2.22. The van der Waals surface area contributed by atoms with E-state index in [0.717, 1.165) is 17.9 Å². The number of aliphatic hydroxyl groups is 1. The molecule has 0 saturated heterocycles. The van der Waals surface area contributed by atoms with E-state index in [1.165, 1.54) is 5.56 Å². The van der Waals surface area contributed by atoms with Gasteiger partial charge in [0.25, 0.3) is 0 Å². The summed E-state index contributed by atoms with van der Waals surface area (Å²) in [5.41, 5.74) is 2.22. The number of aliphatic hydroxyl groups excluding tert-OH is 1. The van der Waals surface area contributed by atoms with Crippen LogP contribution in [0.3, 0.4) is 0 Å². The molecule has 0 aliphatic rings. The molecule has 2 aromatic carbocycles. The summed E-state index contributed by atoms with van der Waals surface area (Å²) in [4.78, 5) is 0. The van der Waals surface area contributed by atoms with Crippen LogP contribution >= 0.6 is 0 Å². The SMILES string of the molecule is COc1ccc(C(O)CNCC(C)(C)c2ccccc2)cc1. The average molecular weight is 299 g/mol. The molecule has 0 amide bonds. The van der Waals surface area contributed by atoms with E-state index >= 15 is 0 Å². The van der Waals surface area contributed by atoms with E-state index in [2.05, 4.69) is 43.4 Å². The first-order valence-corrected chi connectivity index (χ1v) is 7.61. The molecule has 0 saturated carbocycles. The second kappa shape index (κ2) is 7.43. The predicted octanol–water partition coefficient (Wildman–Crippen LogP) is 3.30. The average Bonchev–Trinajstić information content (AvgIpc) is 2.55. The van der Waals surface area contributed by atoms with Gasteiger partial charge in [0.05, 0.1) is 13.2 Å². The van der Waals surface area contributed by atoms with Gasteiger partial charge >= 0.3 is 0 Å². The quantitative estimate of drug-likeness (QED) is 0.824. The van der Waals surface area contributed by atoms with Crippen molar-refractivity contribution in [2.24, 2.45) is 0 Å². The number of benzene rings is 2. The van der Waals surface area contributed by atoms with Crippen LogP contribution in [0.2, 0.25) is 0 Å². The molecule has 0 bridgehead atoms. The fraction of sp³-hybridized carbons (Fsp3) is 0.368. The van der Waals surface area contributed by atoms with Crippen LogP contribution in [0.5, 0.6) is 5.75 Å². The zero-order chi connectivity index (χ0) is 16.0. The summed E-state index contributed by atoms with van der Waals surface area (Å²) >= 11 is 0. The Morgan fingerprint density at radius 3 is 2.27 bits per heavy atom. The van der Waals surface area contributed by atoms with Gasteiger partial charge in [0.15, 0.2) is 0 Å². The van der Waals surface area contributed by atoms with E-state index in [4.69, 9.17) is 4.74 Å². The standard InChI is InChI=1S/C19H25NO2/c1-19(2,16-7-5-4-6-8-16)14-20-13-18(21)15-9-11-17(22-3)12-10-15/h4-12,18,20-21H,13-14H2,1-3H3. The van der Waals surface area contributed by atoms with Crippen LogP contribution in [0.4, 0.5) is 0 Å². The minimum Gasteiger partial charge on any atom is -0.497 e. The molecule has 0 aliphatic heterocycles. The van der Waals surface area contributed by atoms with E-state index < -0.39 is 6.10 Å². The van der Waals surface area contributed by atoms with Crippen molar-refractivity contribution in [2.75, 3.05) is 20.2 Å². The lowest BCUT2D eigenvalue weighted by molar-refractivity contribution is 0.172. The maximum absolute atomic E-state index is 10.2. The number of rotatable bonds is 7. The molecule has 2 aromatic rings. The van der Waals surface area contributed by atoms with Crippen LogP contribution in [-0.2, 0) is 5.41 Å². The monoisotopic (exact) mass is 299 g/mol. The Morgan fingerprint density at radius 2 is 1.68 bits per heavy atom. The van der Waals surface area contributed by atoms with Crippen LogP contribution in [0.25, 0.3) is 0 Å². The molecule has 0 aromatic heterocycles. The van der Waals surface area contributed by atoms with Gasteiger partial charge < -0.3 is 15.2 Å². The van der Waals surface area contributed by atoms with Gasteiger partial charge in [0.1, 0.15) is 5.75 Å². The second-order valence-electron chi connectivity index (χ2n) is 6.17. The smallest absolute Gasteiger partial charge is 0.118 e. The Labute approximate surface area is 133 Å². The highest BCUT2D eigenvalue weighted by atomic mass is 16.5. The molecule has 0 spiro atoms. The van der Waals surface area contributed by atoms with Crippen molar-refractivity contribution in [3.05, 3.63) is 65.7 Å². The van der Waals surface area contributed by atoms with Crippen molar-refractivity contribution in [3.63, 3.8) is 0 Å². The Balaban J connectivity index is 1.87. The first kappa shape index (κ1) is 16.5. The van der Waals surface area contributed by atoms with Crippen molar-refractivity contribution < 1.29 is 9.84 Å². The molecule has 0 aliphatic carbocycles. The summed E-state index contributed by atoms with van der Waals surface area (Å²) in [5.74, 6) is 0.800. The van der Waals surface area contributed by atoms with E-state index in [9.17, 15) is 5.11 Å². The molecule has 1 unspecified atom stereocenters. The Hall–Kier alpha value is -1.84. The predicted molar refractivity (Wildman–Crippen MR) is 90.3 cm³/mol. The molecule has 3 nitrogen and oxygen atoms in total. The molecule has 2 rings (SSSR count). The van der Waals surface area contributed by atoms with Crippen molar-refractivity contribution in [2.45, 2.75) is 25.4 Å². The summed E-state index contributed by atoms with van der Waals surface area (Å²) in [6.45, 7) is 5.75. The molecule has 0 radical (unpaired) electrons. The van der Waals surface area contributed by atoms with Gasteiger partial charge in [-0.15, -0.1) is 0 Å². The van der Waals surface area contributed by atoms with Crippen LogP contribution < -0.4 is 10.1 Å². The number of nitrogens with one attached hydrogen (secondary N) is 1. The summed E-state index contributed by atoms with van der Waals surface area (Å²) in [6.07, 6.45) is -0.516. The Morgan fingerprint density at radius 1 is 1.05 bits per heavy atom. The lowest BCUT2D eigenvalue weighted by Gasteiger charge is -2.26. The lowest BCUT2D eigenvalue weighted by Crippen LogP contribution is -2.35. The number of hydrogen-bond acceptors (Lipinski definition) is 3. The van der Waals surface area contributed by atoms with Gasteiger partial charge in [-0.25, -0.2) is 0 Å². The second-order valence-corrected chi connectivity index (χ2v) is 6.17. The van der Waals surface area contributed by atoms with Crippen molar-refractivity contribution >= 4 is 0 Å². The molecular formula is C19H25NO2. The van der Waals surface area contributed by atoms with Crippen molar-refractivity contribution in [1.29, 1.82) is 0 Å². The third-order valence-corrected chi connectivity index (χ3v) is 3.96. The zero-order valence-corrected chi connectivity index (χ0v) is 13.5. The van der Waals surface area contributed by atoms with Crippen LogP contribution in [0, 0.1) is 0 Å². The maximum atomic E-state index is 10.2. The van der Waals surface area contributed by atoms with Crippen LogP contribution in [-0.4, -0.2) is 25.3 Å². The summed E-state index contributed by atoms with van der Waals surface area (Å²) in [6, 6.07) is 18.0. The zero-order valence-electron chi connectivity index (χ0n) is 13.5. The first-order valence-electron chi connectivity index (χ1n) is 7.61. The molecule has 22 heavy (non-hydrogen) atoms. The minimum atomic E-state index is -0.516. The highest BCUT2D eigenvalue weighted by Gasteiger charge is 2.20. The largest absolute Gasteiger partial charge is 0.497 e. The Kier molecular flexibility index (Phi) is 5.58. The summed E-state index contributed by atoms with van der Waals surface area (Å²) in [7, 11) is 1.64. The van der Waals surface area contributed by atoms with Crippen LogP contribution in [0.15, 0.2) is 54.6 Å². The van der Waals surface area contributed by atoms with Crippen molar-refractivity contribution in [3.8, 4) is 5.75 Å². The molecule has 1 atom stereocenters. The molecule has 3 heteroatoms. The van der Waals surface area contributed by atoms with Gasteiger partial charge in [-0.1, -0.05) is 56.3 Å². The normalized spacial score (nSPS) is 12.9. The molecular weight excluding hydrogens is 274 g/mol. The lowest BCUT2D eigenvalue weighted by atomic mass is 9.84. The van der Waals surface area contributed by atoms with Gasteiger partial charge in [0, 0.05) is 18.5 Å². The number of hydrogen-bond donors (Lipinski definition) is 2. The molecule has 118 valence electrons. The highest BCUT2D eigenvalue weighted by molar-refractivity contribution is 5.28. The summed E-state index contributed by atoms with van der Waals surface area (Å²) < 4.78 is 5.13. The number of ether oxygens (including phenoxy) is 1. The van der Waals surface area contributed by atoms with Gasteiger partial charge in [-0.3, -0.25) is 0 Å². The molecule has 0 heterocycles. The summed E-state index contributed by atoms with van der Waals surface area (Å²) in [5, 5.41) is 13.6. The van der Waals surface area contributed by atoms with Gasteiger partial charge in [0.2, 0.25) is 0 Å². The maximum Gasteiger partial charge on any atom is 0.118 e. The fourth-order valence-electron chi connectivity index (χ4n) is 2.46. The first-order chi connectivity index (χ1) is 10.5. The molecule has 2 N–H and O–H groups in total. The van der Waals surface area contributed by atoms with Crippen LogP contribution in [0.1, 0.15) is 31.1 Å². The molecule has 0 fully saturated rings. The minimum absolute atomic E-state index is 0.0287. The third kappa shape index (κ3) is 4.33. The van der Waals surface area contributed by atoms with E-state index in [1.54, 1.807) is 7.11 Å².